The van der Waals surface area contributed by atoms with Gasteiger partial charge in [-0.2, -0.15) is 0 Å². The fourth-order valence-corrected chi connectivity index (χ4v) is 1.87. The lowest BCUT2D eigenvalue weighted by Crippen LogP contribution is -2.03. The molecule has 2 rings (SSSR count). The third-order valence-electron chi connectivity index (χ3n) is 2.62. The quantitative estimate of drug-likeness (QED) is 0.873. The smallest absolute Gasteiger partial charge is 0.132 e. The zero-order valence-corrected chi connectivity index (χ0v) is 10.1. The summed E-state index contributed by atoms with van der Waals surface area (Å²) in [6.45, 7) is 2.15. The van der Waals surface area contributed by atoms with Crippen molar-refractivity contribution in [2.45, 2.75) is 19.8 Å². The van der Waals surface area contributed by atoms with Crippen LogP contribution in [0.3, 0.4) is 0 Å². The average Bonchev–Trinajstić information content (AvgIpc) is 2.40. The first-order valence-corrected chi connectivity index (χ1v) is 5.78. The molecule has 4 nitrogen and oxygen atoms in total. The summed E-state index contributed by atoms with van der Waals surface area (Å²) in [6.07, 6.45) is 7.22. The number of rotatable bonds is 4. The van der Waals surface area contributed by atoms with E-state index in [4.69, 9.17) is 0 Å². The highest BCUT2D eigenvalue weighted by Gasteiger charge is 2.11. The number of nitrogens with zero attached hydrogens (tertiary/aromatic N) is 3. The molecule has 0 unspecified atom stereocenters. The minimum atomic E-state index is 0.903. The van der Waals surface area contributed by atoms with Gasteiger partial charge >= 0.3 is 0 Å². The van der Waals surface area contributed by atoms with E-state index in [1.54, 1.807) is 12.5 Å². The van der Waals surface area contributed by atoms with Gasteiger partial charge in [-0.3, -0.25) is 4.98 Å². The van der Waals surface area contributed by atoms with E-state index < -0.39 is 0 Å². The monoisotopic (exact) mass is 228 g/mol. The third-order valence-corrected chi connectivity index (χ3v) is 2.62. The summed E-state index contributed by atoms with van der Waals surface area (Å²) in [6, 6.07) is 3.94. The van der Waals surface area contributed by atoms with E-state index in [2.05, 4.69) is 27.2 Å². The molecule has 0 aliphatic rings. The summed E-state index contributed by atoms with van der Waals surface area (Å²) in [7, 11) is 1.88. The Labute approximate surface area is 101 Å². The average molecular weight is 228 g/mol. The van der Waals surface area contributed by atoms with Crippen molar-refractivity contribution in [3.8, 4) is 11.3 Å². The Balaban J connectivity index is 2.53. The predicted molar refractivity (Wildman–Crippen MR) is 68.8 cm³/mol. The number of anilines is 1. The van der Waals surface area contributed by atoms with Crippen LogP contribution in [0.2, 0.25) is 0 Å². The van der Waals surface area contributed by atoms with Crippen LogP contribution in [0.1, 0.15) is 18.9 Å². The Morgan fingerprint density at radius 2 is 2.18 bits per heavy atom. The highest BCUT2D eigenvalue weighted by molar-refractivity contribution is 5.67. The van der Waals surface area contributed by atoms with Gasteiger partial charge in [-0.1, -0.05) is 13.3 Å². The van der Waals surface area contributed by atoms with Crippen molar-refractivity contribution < 1.29 is 0 Å². The second-order valence-corrected chi connectivity index (χ2v) is 3.79. The molecule has 0 aromatic carbocycles. The Hall–Kier alpha value is -1.97. The van der Waals surface area contributed by atoms with Crippen LogP contribution >= 0.6 is 0 Å². The van der Waals surface area contributed by atoms with Crippen molar-refractivity contribution in [1.29, 1.82) is 0 Å². The molecule has 2 heterocycles. The molecule has 88 valence electrons. The molecule has 0 fully saturated rings. The van der Waals surface area contributed by atoms with E-state index in [1.165, 1.54) is 0 Å². The molecule has 0 aliphatic carbocycles. The van der Waals surface area contributed by atoms with Gasteiger partial charge in [-0.05, 0) is 18.6 Å². The SMILES string of the molecule is CCCc1c(NC)ncnc1-c1cccnc1. The van der Waals surface area contributed by atoms with E-state index in [1.807, 2.05) is 25.4 Å². The standard InChI is InChI=1S/C13H16N4/c1-3-5-11-12(10-6-4-7-15-8-10)16-9-17-13(11)14-2/h4,6-9H,3,5H2,1-2H3,(H,14,16,17). The number of hydrogen-bond donors (Lipinski definition) is 1. The first kappa shape index (κ1) is 11.5. The first-order chi connectivity index (χ1) is 8.36. The fraction of sp³-hybridized carbons (Fsp3) is 0.308. The molecule has 4 heteroatoms. The van der Waals surface area contributed by atoms with Crippen molar-refractivity contribution in [1.82, 2.24) is 15.0 Å². The number of nitrogens with one attached hydrogen (secondary N) is 1. The fourth-order valence-electron chi connectivity index (χ4n) is 1.87. The first-order valence-electron chi connectivity index (χ1n) is 5.78. The second kappa shape index (κ2) is 5.39. The van der Waals surface area contributed by atoms with E-state index >= 15 is 0 Å². The molecule has 0 saturated heterocycles. The molecule has 2 aromatic rings. The van der Waals surface area contributed by atoms with Crippen LogP contribution in [0.4, 0.5) is 5.82 Å². The van der Waals surface area contributed by atoms with Gasteiger partial charge in [-0.15, -0.1) is 0 Å². The minimum absolute atomic E-state index is 0.903. The zero-order chi connectivity index (χ0) is 12.1. The van der Waals surface area contributed by atoms with Gasteiger partial charge < -0.3 is 5.32 Å². The maximum absolute atomic E-state index is 4.39. The van der Waals surface area contributed by atoms with E-state index in [-0.39, 0.29) is 0 Å². The van der Waals surface area contributed by atoms with Gasteiger partial charge in [-0.25, -0.2) is 9.97 Å². The van der Waals surface area contributed by atoms with Gasteiger partial charge in [0.2, 0.25) is 0 Å². The lowest BCUT2D eigenvalue weighted by molar-refractivity contribution is 0.905. The van der Waals surface area contributed by atoms with Crippen LogP contribution in [0.5, 0.6) is 0 Å². The molecule has 0 aliphatic heterocycles. The largest absolute Gasteiger partial charge is 0.373 e. The van der Waals surface area contributed by atoms with Crippen molar-refractivity contribution in [2.75, 3.05) is 12.4 Å². The Kier molecular flexibility index (Phi) is 3.65. The maximum Gasteiger partial charge on any atom is 0.132 e. The van der Waals surface area contributed by atoms with Crippen molar-refractivity contribution in [2.24, 2.45) is 0 Å². The van der Waals surface area contributed by atoms with Gasteiger partial charge in [0.15, 0.2) is 0 Å². The molecular formula is C13H16N4. The molecule has 0 spiro atoms. The summed E-state index contributed by atoms with van der Waals surface area (Å²) in [5.74, 6) is 0.903. The Morgan fingerprint density at radius 1 is 1.29 bits per heavy atom. The third kappa shape index (κ3) is 2.41. The van der Waals surface area contributed by atoms with Crippen LogP contribution < -0.4 is 5.32 Å². The molecule has 17 heavy (non-hydrogen) atoms. The van der Waals surface area contributed by atoms with Crippen LogP contribution in [-0.4, -0.2) is 22.0 Å². The Morgan fingerprint density at radius 3 is 2.82 bits per heavy atom. The molecule has 0 radical (unpaired) electrons. The molecule has 0 saturated carbocycles. The minimum Gasteiger partial charge on any atom is -0.373 e. The Bertz CT molecular complexity index is 482. The van der Waals surface area contributed by atoms with Gasteiger partial charge in [0, 0.05) is 30.6 Å². The predicted octanol–water partition coefficient (Wildman–Crippen LogP) is 2.53. The van der Waals surface area contributed by atoms with E-state index in [0.29, 0.717) is 0 Å². The lowest BCUT2D eigenvalue weighted by Gasteiger charge is -2.11. The zero-order valence-electron chi connectivity index (χ0n) is 10.1. The van der Waals surface area contributed by atoms with Gasteiger partial charge in [0.25, 0.3) is 0 Å². The van der Waals surface area contributed by atoms with Crippen molar-refractivity contribution in [3.05, 3.63) is 36.4 Å². The normalized spacial score (nSPS) is 10.2. The highest BCUT2D eigenvalue weighted by Crippen LogP contribution is 2.25. The molecule has 1 N–H and O–H groups in total. The molecule has 0 atom stereocenters. The van der Waals surface area contributed by atoms with Gasteiger partial charge in [0.1, 0.15) is 12.1 Å². The molecule has 0 amide bonds. The maximum atomic E-state index is 4.39. The second-order valence-electron chi connectivity index (χ2n) is 3.79. The summed E-state index contributed by atoms with van der Waals surface area (Å²) in [5, 5.41) is 3.12. The summed E-state index contributed by atoms with van der Waals surface area (Å²) in [5.41, 5.74) is 3.17. The van der Waals surface area contributed by atoms with Crippen molar-refractivity contribution >= 4 is 5.82 Å². The topological polar surface area (TPSA) is 50.7 Å². The summed E-state index contributed by atoms with van der Waals surface area (Å²) in [4.78, 5) is 12.8. The molecule has 0 bridgehead atoms. The van der Waals surface area contributed by atoms with E-state index in [9.17, 15) is 0 Å². The lowest BCUT2D eigenvalue weighted by atomic mass is 10.0. The van der Waals surface area contributed by atoms with Crippen LogP contribution in [0.25, 0.3) is 11.3 Å². The summed E-state index contributed by atoms with van der Waals surface area (Å²) >= 11 is 0. The molecular weight excluding hydrogens is 212 g/mol. The van der Waals surface area contributed by atoms with E-state index in [0.717, 1.165) is 35.5 Å². The molecule has 2 aromatic heterocycles. The number of pyridine rings is 1. The number of aromatic nitrogens is 3. The van der Waals surface area contributed by atoms with Crippen LogP contribution in [0.15, 0.2) is 30.9 Å². The van der Waals surface area contributed by atoms with Crippen molar-refractivity contribution in [3.63, 3.8) is 0 Å². The summed E-state index contributed by atoms with van der Waals surface area (Å²) < 4.78 is 0. The highest BCUT2D eigenvalue weighted by atomic mass is 15.0. The van der Waals surface area contributed by atoms with Gasteiger partial charge in [0.05, 0.1) is 5.69 Å². The number of hydrogen-bond acceptors (Lipinski definition) is 4. The van der Waals surface area contributed by atoms with Crippen LogP contribution in [-0.2, 0) is 6.42 Å². The van der Waals surface area contributed by atoms with Crippen LogP contribution in [0, 0.1) is 0 Å².